The summed E-state index contributed by atoms with van der Waals surface area (Å²) in [5, 5.41) is 0. The molecule has 0 N–H and O–H groups in total. The Morgan fingerprint density at radius 2 is 1.38 bits per heavy atom. The Morgan fingerprint density at radius 3 is 1.92 bits per heavy atom. The Hall–Kier alpha value is -2.02. The van der Waals surface area contributed by atoms with Gasteiger partial charge in [0.1, 0.15) is 0 Å². The van der Waals surface area contributed by atoms with Crippen molar-refractivity contribution in [3.8, 4) is 0 Å². The van der Waals surface area contributed by atoms with Gasteiger partial charge in [-0.25, -0.2) is 0 Å². The van der Waals surface area contributed by atoms with E-state index in [1.165, 1.54) is 5.56 Å². The molecule has 1 saturated carbocycles. The van der Waals surface area contributed by atoms with Crippen molar-refractivity contribution in [2.75, 3.05) is 6.54 Å². The molecule has 3 rings (SSSR count). The molecule has 2 aromatic carbocycles. The van der Waals surface area contributed by atoms with Crippen LogP contribution in [0.2, 0.25) is 0 Å². The third kappa shape index (κ3) is 8.23. The first-order chi connectivity index (χ1) is 17.4. The van der Waals surface area contributed by atoms with Crippen LogP contribution in [0.15, 0.2) is 54.6 Å². The van der Waals surface area contributed by atoms with Crippen molar-refractivity contribution in [3.05, 3.63) is 71.3 Å². The maximum Gasteiger partial charge on any atom is 0.392 e. The Bertz CT molecular complexity index is 935. The molecule has 1 aliphatic rings. The number of alkyl halides is 6. The normalized spacial score (nSPS) is 22.0. The van der Waals surface area contributed by atoms with Crippen molar-refractivity contribution < 1.29 is 26.3 Å². The van der Waals surface area contributed by atoms with Gasteiger partial charge in [0.2, 0.25) is 0 Å². The fourth-order valence-electron chi connectivity index (χ4n) is 5.89. The lowest BCUT2D eigenvalue weighted by atomic mass is 9.71. The fourth-order valence-corrected chi connectivity index (χ4v) is 5.89. The van der Waals surface area contributed by atoms with E-state index in [4.69, 9.17) is 0 Å². The second kappa shape index (κ2) is 12.7. The van der Waals surface area contributed by atoms with Crippen LogP contribution < -0.4 is 0 Å². The molecule has 1 aliphatic carbocycles. The lowest BCUT2D eigenvalue weighted by Crippen LogP contribution is -2.42. The predicted octanol–water partition coefficient (Wildman–Crippen LogP) is 8.98. The van der Waals surface area contributed by atoms with E-state index in [0.717, 1.165) is 37.8 Å². The van der Waals surface area contributed by atoms with Gasteiger partial charge in [-0.3, -0.25) is 4.90 Å². The van der Waals surface area contributed by atoms with Gasteiger partial charge in [0.05, 0.1) is 11.8 Å². The van der Waals surface area contributed by atoms with Crippen molar-refractivity contribution in [1.29, 1.82) is 0 Å². The first-order valence-electron chi connectivity index (χ1n) is 13.4. The van der Waals surface area contributed by atoms with Crippen LogP contribution in [-0.2, 0) is 12.8 Å². The zero-order valence-electron chi connectivity index (χ0n) is 22.0. The number of halogens is 6. The summed E-state index contributed by atoms with van der Waals surface area (Å²) >= 11 is 0. The number of hydrogen-bond donors (Lipinski definition) is 0. The van der Waals surface area contributed by atoms with E-state index in [0.29, 0.717) is 17.6 Å². The molecule has 0 aromatic heterocycles. The molecular weight excluding hydrogens is 488 g/mol. The van der Waals surface area contributed by atoms with E-state index in [1.807, 2.05) is 30.3 Å². The highest BCUT2D eigenvalue weighted by Crippen LogP contribution is 2.52. The molecule has 4 unspecified atom stereocenters. The summed E-state index contributed by atoms with van der Waals surface area (Å²) in [6, 6.07) is 18.7. The number of hydrogen-bond acceptors (Lipinski definition) is 1. The highest BCUT2D eigenvalue weighted by atomic mass is 19.4. The van der Waals surface area contributed by atoms with Crippen LogP contribution in [0, 0.1) is 11.8 Å². The van der Waals surface area contributed by atoms with Crippen LogP contribution in [0.4, 0.5) is 26.3 Å². The molecule has 206 valence electrons. The third-order valence-electron chi connectivity index (χ3n) is 8.01. The van der Waals surface area contributed by atoms with Crippen LogP contribution in [0.3, 0.4) is 0 Å². The number of aryl methyl sites for hydroxylation is 1. The maximum atomic E-state index is 13.5. The minimum atomic E-state index is -4.85. The van der Waals surface area contributed by atoms with Crippen molar-refractivity contribution in [3.63, 3.8) is 0 Å². The topological polar surface area (TPSA) is 3.24 Å². The van der Waals surface area contributed by atoms with Crippen LogP contribution in [0.1, 0.15) is 75.5 Å². The molecule has 0 radical (unpaired) electrons. The number of rotatable bonds is 10. The summed E-state index contributed by atoms with van der Waals surface area (Å²) in [6.45, 7) is 7.59. The molecular formula is C30H39F6N. The first kappa shape index (κ1) is 29.5. The Balaban J connectivity index is 1.60. The largest absolute Gasteiger partial charge is 0.392 e. The van der Waals surface area contributed by atoms with Crippen molar-refractivity contribution >= 4 is 0 Å². The summed E-state index contributed by atoms with van der Waals surface area (Å²) in [4.78, 5) is 2.54. The van der Waals surface area contributed by atoms with Crippen molar-refractivity contribution in [1.82, 2.24) is 4.90 Å². The molecule has 1 nitrogen and oxygen atoms in total. The zero-order valence-corrected chi connectivity index (χ0v) is 22.0. The van der Waals surface area contributed by atoms with Gasteiger partial charge in [-0.15, -0.1) is 0 Å². The van der Waals surface area contributed by atoms with E-state index in [1.54, 1.807) is 0 Å². The molecule has 0 heterocycles. The second-order valence-corrected chi connectivity index (χ2v) is 10.7. The highest BCUT2D eigenvalue weighted by molar-refractivity contribution is 5.26. The average molecular weight is 528 g/mol. The second-order valence-electron chi connectivity index (χ2n) is 10.7. The van der Waals surface area contributed by atoms with Crippen LogP contribution in [0.5, 0.6) is 0 Å². The molecule has 0 saturated heterocycles. The lowest BCUT2D eigenvalue weighted by Gasteiger charge is -2.38. The van der Waals surface area contributed by atoms with Crippen molar-refractivity contribution in [2.24, 2.45) is 11.8 Å². The number of nitrogens with zero attached hydrogens (tertiary/aromatic N) is 1. The molecule has 4 atom stereocenters. The van der Waals surface area contributed by atoms with E-state index >= 15 is 0 Å². The van der Waals surface area contributed by atoms with E-state index in [9.17, 15) is 26.3 Å². The minimum absolute atomic E-state index is 0.124. The SMILES string of the molecule is CCC(CCc1ccc(C2CCC(C(F)(F)F)C(C(F)(F)F)C2)cc1)N(CCc1ccccc1)C(C)C. The number of benzene rings is 2. The Kier molecular flexibility index (Phi) is 10.1. The fraction of sp³-hybridized carbons (Fsp3) is 0.600. The van der Waals surface area contributed by atoms with Crippen LogP contribution >= 0.6 is 0 Å². The van der Waals surface area contributed by atoms with E-state index < -0.39 is 42.9 Å². The summed E-state index contributed by atoms with van der Waals surface area (Å²) in [6.07, 6.45) is -6.71. The average Bonchev–Trinajstić information content (AvgIpc) is 2.85. The summed E-state index contributed by atoms with van der Waals surface area (Å²) < 4.78 is 80.0. The van der Waals surface area contributed by atoms with Gasteiger partial charge >= 0.3 is 12.4 Å². The third-order valence-corrected chi connectivity index (χ3v) is 8.01. The molecule has 7 heteroatoms. The summed E-state index contributed by atoms with van der Waals surface area (Å²) in [5.74, 6) is -5.15. The predicted molar refractivity (Wildman–Crippen MR) is 137 cm³/mol. The highest BCUT2D eigenvalue weighted by Gasteiger charge is 2.56. The zero-order chi connectivity index (χ0) is 27.2. The molecule has 0 bridgehead atoms. The first-order valence-corrected chi connectivity index (χ1v) is 13.4. The maximum absolute atomic E-state index is 13.5. The monoisotopic (exact) mass is 527 g/mol. The quantitative estimate of drug-likeness (QED) is 0.279. The Morgan fingerprint density at radius 1 is 0.784 bits per heavy atom. The van der Waals surface area contributed by atoms with Gasteiger partial charge in [-0.2, -0.15) is 26.3 Å². The molecule has 2 aromatic rings. The van der Waals surface area contributed by atoms with Gasteiger partial charge < -0.3 is 0 Å². The van der Waals surface area contributed by atoms with E-state index in [2.05, 4.69) is 49.9 Å². The smallest absolute Gasteiger partial charge is 0.298 e. The molecule has 37 heavy (non-hydrogen) atoms. The molecule has 0 aliphatic heterocycles. The van der Waals surface area contributed by atoms with Gasteiger partial charge in [0.15, 0.2) is 0 Å². The summed E-state index contributed by atoms with van der Waals surface area (Å²) in [5.41, 5.74) is 3.12. The standard InChI is InChI=1S/C30H39F6N/c1-4-26(37(21(2)3)19-18-22-8-6-5-7-9-22)16-12-23-10-13-24(14-11-23)25-15-17-27(29(31,32)33)28(20-25)30(34,35)36/h5-11,13-14,21,25-28H,4,12,15-20H2,1-3H3. The van der Waals surface area contributed by atoms with Gasteiger partial charge in [0.25, 0.3) is 0 Å². The van der Waals surface area contributed by atoms with Crippen molar-refractivity contribution in [2.45, 2.75) is 96.1 Å². The lowest BCUT2D eigenvalue weighted by molar-refractivity contribution is -0.263. The van der Waals surface area contributed by atoms with Gasteiger partial charge in [0, 0.05) is 18.6 Å². The van der Waals surface area contributed by atoms with E-state index in [-0.39, 0.29) is 6.42 Å². The summed E-state index contributed by atoms with van der Waals surface area (Å²) in [7, 11) is 0. The van der Waals surface area contributed by atoms with Gasteiger partial charge in [-0.1, -0.05) is 61.5 Å². The molecule has 1 fully saturated rings. The van der Waals surface area contributed by atoms with Crippen LogP contribution in [0.25, 0.3) is 0 Å². The van der Waals surface area contributed by atoms with Crippen LogP contribution in [-0.4, -0.2) is 35.9 Å². The Labute approximate surface area is 217 Å². The minimum Gasteiger partial charge on any atom is -0.298 e. The molecule has 0 amide bonds. The molecule has 0 spiro atoms. The van der Waals surface area contributed by atoms with Gasteiger partial charge in [-0.05, 0) is 81.4 Å².